The second-order valence-electron chi connectivity index (χ2n) is 8.40. The minimum atomic E-state index is -4.18. The highest BCUT2D eigenvalue weighted by Gasteiger charge is 2.15. The Balaban J connectivity index is 1.98. The van der Waals surface area contributed by atoms with E-state index in [1.807, 2.05) is 0 Å². The SMILES string of the molecule is CCCCCCCCCCCCCCCCCCc1cc(N)ccc1S(=O)(=O)O. The lowest BCUT2D eigenvalue weighted by atomic mass is 10.0. The second-order valence-corrected chi connectivity index (χ2v) is 9.79. The largest absolute Gasteiger partial charge is 0.399 e. The minimum Gasteiger partial charge on any atom is -0.399 e. The molecule has 1 aromatic rings. The summed E-state index contributed by atoms with van der Waals surface area (Å²) in [4.78, 5) is -0.00680. The summed E-state index contributed by atoms with van der Waals surface area (Å²) < 4.78 is 32.2. The number of hydrogen-bond acceptors (Lipinski definition) is 3. The first-order valence-corrected chi connectivity index (χ1v) is 13.2. The van der Waals surface area contributed by atoms with Crippen LogP contribution >= 0.6 is 0 Å². The van der Waals surface area contributed by atoms with E-state index >= 15 is 0 Å². The highest BCUT2D eigenvalue weighted by atomic mass is 32.2. The topological polar surface area (TPSA) is 80.4 Å². The molecule has 1 aromatic carbocycles. The van der Waals surface area contributed by atoms with E-state index < -0.39 is 10.1 Å². The summed E-state index contributed by atoms with van der Waals surface area (Å²) in [5.41, 5.74) is 6.91. The van der Waals surface area contributed by atoms with Crippen molar-refractivity contribution < 1.29 is 13.0 Å². The second kappa shape index (κ2) is 15.7. The summed E-state index contributed by atoms with van der Waals surface area (Å²) in [5, 5.41) is 0. The van der Waals surface area contributed by atoms with Crippen LogP contribution in [-0.2, 0) is 16.5 Å². The van der Waals surface area contributed by atoms with Crippen LogP contribution < -0.4 is 5.73 Å². The predicted octanol–water partition coefficient (Wildman–Crippen LogP) is 7.32. The molecular formula is C24H43NO3S. The average Bonchev–Trinajstić information content (AvgIpc) is 2.66. The maximum Gasteiger partial charge on any atom is 0.294 e. The lowest BCUT2D eigenvalue weighted by Gasteiger charge is -2.08. The molecule has 4 nitrogen and oxygen atoms in total. The van der Waals surface area contributed by atoms with Crippen molar-refractivity contribution in [2.75, 3.05) is 5.73 Å². The molecule has 0 aliphatic carbocycles. The van der Waals surface area contributed by atoms with Gasteiger partial charge >= 0.3 is 0 Å². The Morgan fingerprint density at radius 1 is 0.724 bits per heavy atom. The number of nitrogen functional groups attached to an aromatic ring is 1. The van der Waals surface area contributed by atoms with Crippen LogP contribution in [0.15, 0.2) is 23.1 Å². The van der Waals surface area contributed by atoms with Crippen molar-refractivity contribution in [1.82, 2.24) is 0 Å². The summed E-state index contributed by atoms with van der Waals surface area (Å²) in [6, 6.07) is 4.57. The molecule has 0 heterocycles. The number of benzene rings is 1. The lowest BCUT2D eigenvalue weighted by molar-refractivity contribution is 0.481. The van der Waals surface area contributed by atoms with Crippen molar-refractivity contribution >= 4 is 15.8 Å². The third-order valence-corrected chi connectivity index (χ3v) is 6.62. The van der Waals surface area contributed by atoms with Gasteiger partial charge in [0.25, 0.3) is 10.1 Å². The standard InChI is InChI=1S/C24H43NO3S/c1-2-3-4-5-6-7-8-9-10-11-12-13-14-15-16-17-18-22-21-23(25)19-20-24(22)29(26,27)28/h19-21H,2-18,25H2,1H3,(H,26,27,28). The van der Waals surface area contributed by atoms with Gasteiger partial charge in [0.05, 0.1) is 4.90 Å². The summed E-state index contributed by atoms with van der Waals surface area (Å²) in [6.07, 6.45) is 21.6. The van der Waals surface area contributed by atoms with Crippen molar-refractivity contribution in [2.24, 2.45) is 0 Å². The highest BCUT2D eigenvalue weighted by Crippen LogP contribution is 2.21. The molecular weight excluding hydrogens is 382 g/mol. The molecule has 0 unspecified atom stereocenters. The zero-order chi connectivity index (χ0) is 21.4. The van der Waals surface area contributed by atoms with E-state index in [0.717, 1.165) is 12.8 Å². The van der Waals surface area contributed by atoms with Crippen LogP contribution in [0, 0.1) is 0 Å². The highest BCUT2D eigenvalue weighted by molar-refractivity contribution is 7.85. The Kier molecular flexibility index (Phi) is 14.1. The Morgan fingerprint density at radius 3 is 1.55 bits per heavy atom. The Labute approximate surface area is 179 Å². The number of unbranched alkanes of at least 4 members (excludes halogenated alkanes) is 15. The number of anilines is 1. The number of hydrogen-bond donors (Lipinski definition) is 2. The molecule has 29 heavy (non-hydrogen) atoms. The zero-order valence-corrected chi connectivity index (χ0v) is 19.3. The first-order valence-electron chi connectivity index (χ1n) is 11.8. The molecule has 3 N–H and O–H groups in total. The van der Waals surface area contributed by atoms with E-state index in [1.165, 1.54) is 102 Å². The van der Waals surface area contributed by atoms with Gasteiger partial charge in [0.2, 0.25) is 0 Å². The van der Waals surface area contributed by atoms with Gasteiger partial charge in [-0.1, -0.05) is 103 Å². The van der Waals surface area contributed by atoms with Gasteiger partial charge < -0.3 is 5.73 Å². The average molecular weight is 426 g/mol. The van der Waals surface area contributed by atoms with Gasteiger partial charge in [0.1, 0.15) is 0 Å². The van der Waals surface area contributed by atoms with Crippen molar-refractivity contribution in [2.45, 2.75) is 121 Å². The minimum absolute atomic E-state index is 0.00680. The zero-order valence-electron chi connectivity index (χ0n) is 18.5. The quantitative estimate of drug-likeness (QED) is 0.147. The molecule has 0 amide bonds. The van der Waals surface area contributed by atoms with Crippen molar-refractivity contribution in [3.63, 3.8) is 0 Å². The predicted molar refractivity (Wildman–Crippen MR) is 124 cm³/mol. The van der Waals surface area contributed by atoms with Gasteiger partial charge in [0, 0.05) is 5.69 Å². The van der Waals surface area contributed by atoms with E-state index in [4.69, 9.17) is 5.73 Å². The van der Waals surface area contributed by atoms with Crippen LogP contribution in [0.5, 0.6) is 0 Å². The van der Waals surface area contributed by atoms with E-state index in [0.29, 0.717) is 17.7 Å². The van der Waals surface area contributed by atoms with Crippen molar-refractivity contribution in [1.29, 1.82) is 0 Å². The third kappa shape index (κ3) is 13.0. The van der Waals surface area contributed by atoms with Crippen LogP contribution in [0.3, 0.4) is 0 Å². The maximum atomic E-state index is 11.5. The first-order chi connectivity index (χ1) is 13.9. The number of rotatable bonds is 18. The molecule has 0 aromatic heterocycles. The smallest absolute Gasteiger partial charge is 0.294 e. The summed E-state index contributed by atoms with van der Waals surface area (Å²) in [7, 11) is -4.18. The summed E-state index contributed by atoms with van der Waals surface area (Å²) in [6.45, 7) is 2.27. The monoisotopic (exact) mass is 425 g/mol. The molecule has 0 fully saturated rings. The van der Waals surface area contributed by atoms with Crippen LogP contribution in [0.1, 0.15) is 115 Å². The molecule has 0 saturated heterocycles. The third-order valence-electron chi connectivity index (χ3n) is 5.66. The fourth-order valence-corrected chi connectivity index (χ4v) is 4.64. The van der Waals surface area contributed by atoms with Crippen LogP contribution in [-0.4, -0.2) is 13.0 Å². The molecule has 0 spiro atoms. The van der Waals surface area contributed by atoms with Crippen LogP contribution in [0.4, 0.5) is 5.69 Å². The summed E-state index contributed by atoms with van der Waals surface area (Å²) in [5.74, 6) is 0. The normalized spacial score (nSPS) is 11.8. The molecule has 0 bridgehead atoms. The van der Waals surface area contributed by atoms with Crippen LogP contribution in [0.25, 0.3) is 0 Å². The molecule has 0 atom stereocenters. The van der Waals surface area contributed by atoms with Gasteiger partial charge in [-0.15, -0.1) is 0 Å². The Hall–Kier alpha value is -1.07. The van der Waals surface area contributed by atoms with Crippen molar-refractivity contribution in [3.8, 4) is 0 Å². The maximum absolute atomic E-state index is 11.5. The van der Waals surface area contributed by atoms with Crippen molar-refractivity contribution in [3.05, 3.63) is 23.8 Å². The molecule has 0 aliphatic rings. The molecule has 0 aliphatic heterocycles. The van der Waals surface area contributed by atoms with Crippen LogP contribution in [0.2, 0.25) is 0 Å². The first kappa shape index (κ1) is 26.0. The summed E-state index contributed by atoms with van der Waals surface area (Å²) >= 11 is 0. The van der Waals surface area contributed by atoms with Gasteiger partial charge in [-0.3, -0.25) is 4.55 Å². The fraction of sp³-hybridized carbons (Fsp3) is 0.750. The number of aryl methyl sites for hydroxylation is 1. The molecule has 0 radical (unpaired) electrons. The Morgan fingerprint density at radius 2 is 1.14 bits per heavy atom. The molecule has 168 valence electrons. The van der Waals surface area contributed by atoms with E-state index in [1.54, 1.807) is 6.07 Å². The number of nitrogens with two attached hydrogens (primary N) is 1. The molecule has 1 rings (SSSR count). The molecule has 5 heteroatoms. The van der Waals surface area contributed by atoms with Gasteiger partial charge in [-0.05, 0) is 36.6 Å². The molecule has 0 saturated carbocycles. The fourth-order valence-electron chi connectivity index (χ4n) is 3.91. The lowest BCUT2D eigenvalue weighted by Crippen LogP contribution is -2.04. The van der Waals surface area contributed by atoms with Gasteiger partial charge in [-0.2, -0.15) is 8.42 Å². The van der Waals surface area contributed by atoms with Gasteiger partial charge in [-0.25, -0.2) is 0 Å². The van der Waals surface area contributed by atoms with Gasteiger partial charge in [0.15, 0.2) is 0 Å². The Bertz CT molecular complexity index is 644. The van der Waals surface area contributed by atoms with E-state index in [-0.39, 0.29) is 4.90 Å². The van der Waals surface area contributed by atoms with E-state index in [2.05, 4.69) is 6.92 Å². The van der Waals surface area contributed by atoms with E-state index in [9.17, 15) is 13.0 Å².